The molecule has 5 rings (SSSR count). The first-order valence-electron chi connectivity index (χ1n) is 10.8. The van der Waals surface area contributed by atoms with Gasteiger partial charge in [0.15, 0.2) is 0 Å². The highest BCUT2D eigenvalue weighted by Crippen LogP contribution is 2.39. The topological polar surface area (TPSA) is 56.6 Å². The Labute approximate surface area is 182 Å². The highest BCUT2D eigenvalue weighted by molar-refractivity contribution is 5.94. The normalized spacial score (nSPS) is 17.2. The van der Waals surface area contributed by atoms with E-state index in [9.17, 15) is 4.79 Å². The Kier molecular flexibility index (Phi) is 4.93. The second kappa shape index (κ2) is 7.76. The van der Waals surface area contributed by atoms with Crippen LogP contribution < -0.4 is 9.47 Å². The highest BCUT2D eigenvalue weighted by Gasteiger charge is 2.40. The predicted octanol–water partition coefficient (Wildman–Crippen LogP) is 4.10. The molecule has 1 amide bonds. The summed E-state index contributed by atoms with van der Waals surface area (Å²) >= 11 is 0. The van der Waals surface area contributed by atoms with E-state index in [0.29, 0.717) is 18.8 Å². The maximum absolute atomic E-state index is 13.3. The lowest BCUT2D eigenvalue weighted by atomic mass is 9.83. The van der Waals surface area contributed by atoms with Gasteiger partial charge in [0.05, 0.1) is 12.8 Å². The molecule has 6 heteroatoms. The van der Waals surface area contributed by atoms with Crippen LogP contribution >= 0.6 is 0 Å². The summed E-state index contributed by atoms with van der Waals surface area (Å²) in [7, 11) is 3.46. The van der Waals surface area contributed by atoms with Crippen LogP contribution in [-0.4, -0.2) is 46.4 Å². The second-order valence-electron chi connectivity index (χ2n) is 8.42. The number of hydrogen-bond donors (Lipinski definition) is 0. The first-order chi connectivity index (χ1) is 15.1. The number of carbonyl (C=O) groups excluding carboxylic acids is 1. The van der Waals surface area contributed by atoms with Crippen LogP contribution in [0.4, 0.5) is 0 Å². The van der Waals surface area contributed by atoms with Gasteiger partial charge in [-0.1, -0.05) is 30.3 Å². The summed E-state index contributed by atoms with van der Waals surface area (Å²) in [6, 6.07) is 17.9. The van der Waals surface area contributed by atoms with Crippen molar-refractivity contribution in [2.24, 2.45) is 7.05 Å². The number of benzene rings is 2. The number of ether oxygens (including phenoxy) is 2. The minimum Gasteiger partial charge on any atom is -0.496 e. The van der Waals surface area contributed by atoms with Crippen LogP contribution in [-0.2, 0) is 13.5 Å². The number of aryl methyl sites for hydroxylation is 2. The van der Waals surface area contributed by atoms with E-state index in [-0.39, 0.29) is 11.5 Å². The Morgan fingerprint density at radius 2 is 1.81 bits per heavy atom. The summed E-state index contributed by atoms with van der Waals surface area (Å²) in [6.07, 6.45) is 3.75. The molecule has 2 aromatic carbocycles. The van der Waals surface area contributed by atoms with Gasteiger partial charge in [-0.25, -0.2) is 0 Å². The summed E-state index contributed by atoms with van der Waals surface area (Å²) in [5.41, 5.74) is 3.34. The van der Waals surface area contributed by atoms with E-state index in [1.807, 2.05) is 48.3 Å². The molecule has 6 nitrogen and oxygen atoms in total. The molecule has 2 aliphatic rings. The number of carbonyl (C=O) groups is 1. The molecule has 0 aliphatic carbocycles. The SMILES string of the molecule is COc1ccccc1-c1cc(C(=O)N2CCC3(CCc4ccccc4O3)CC2)n(C)n1. The lowest BCUT2D eigenvalue weighted by Crippen LogP contribution is -2.51. The number of aromatic nitrogens is 2. The van der Waals surface area contributed by atoms with E-state index < -0.39 is 0 Å². The number of amides is 1. The van der Waals surface area contributed by atoms with Crippen molar-refractivity contribution < 1.29 is 14.3 Å². The average Bonchev–Trinajstić information content (AvgIpc) is 3.20. The Morgan fingerprint density at radius 1 is 1.06 bits per heavy atom. The van der Waals surface area contributed by atoms with E-state index >= 15 is 0 Å². The lowest BCUT2D eigenvalue weighted by molar-refractivity contribution is -0.0109. The zero-order valence-electron chi connectivity index (χ0n) is 18.0. The minimum absolute atomic E-state index is 0.0159. The van der Waals surface area contributed by atoms with Crippen molar-refractivity contribution in [2.75, 3.05) is 20.2 Å². The molecule has 0 unspecified atom stereocenters. The first kappa shape index (κ1) is 19.7. The molecule has 160 valence electrons. The Balaban J connectivity index is 1.31. The van der Waals surface area contributed by atoms with Crippen LogP contribution in [0.15, 0.2) is 54.6 Å². The van der Waals surface area contributed by atoms with Gasteiger partial charge in [0.2, 0.25) is 0 Å². The maximum Gasteiger partial charge on any atom is 0.272 e. The maximum atomic E-state index is 13.3. The summed E-state index contributed by atoms with van der Waals surface area (Å²) in [6.45, 7) is 1.38. The largest absolute Gasteiger partial charge is 0.496 e. The monoisotopic (exact) mass is 417 g/mol. The number of rotatable bonds is 3. The molecule has 31 heavy (non-hydrogen) atoms. The summed E-state index contributed by atoms with van der Waals surface area (Å²) in [5.74, 6) is 1.76. The Morgan fingerprint density at radius 3 is 2.61 bits per heavy atom. The number of nitrogens with zero attached hydrogens (tertiary/aromatic N) is 3. The van der Waals surface area contributed by atoms with Crippen molar-refractivity contribution in [3.8, 4) is 22.8 Å². The zero-order chi connectivity index (χ0) is 21.4. The van der Waals surface area contributed by atoms with Crippen LogP contribution in [0, 0.1) is 0 Å². The summed E-state index contributed by atoms with van der Waals surface area (Å²) in [5, 5.41) is 4.58. The van der Waals surface area contributed by atoms with Crippen LogP contribution in [0.5, 0.6) is 11.5 Å². The first-order valence-corrected chi connectivity index (χ1v) is 10.8. The zero-order valence-corrected chi connectivity index (χ0v) is 18.0. The number of fused-ring (bicyclic) bond motifs is 1. The molecule has 0 radical (unpaired) electrons. The highest BCUT2D eigenvalue weighted by atomic mass is 16.5. The van der Waals surface area contributed by atoms with E-state index in [4.69, 9.17) is 9.47 Å². The molecule has 1 saturated heterocycles. The molecule has 1 fully saturated rings. The van der Waals surface area contributed by atoms with Gasteiger partial charge in [0.25, 0.3) is 5.91 Å². The van der Waals surface area contributed by atoms with Gasteiger partial charge in [-0.15, -0.1) is 0 Å². The fraction of sp³-hybridized carbons (Fsp3) is 0.360. The lowest BCUT2D eigenvalue weighted by Gasteiger charge is -2.44. The third-order valence-electron chi connectivity index (χ3n) is 6.59. The van der Waals surface area contributed by atoms with E-state index in [0.717, 1.165) is 48.4 Å². The third kappa shape index (κ3) is 3.56. The molecule has 1 aromatic heterocycles. The summed E-state index contributed by atoms with van der Waals surface area (Å²) in [4.78, 5) is 15.2. The number of methoxy groups -OCH3 is 1. The molecule has 3 heterocycles. The van der Waals surface area contributed by atoms with Crippen molar-refractivity contribution >= 4 is 5.91 Å². The van der Waals surface area contributed by atoms with Crippen molar-refractivity contribution in [1.29, 1.82) is 0 Å². The molecule has 2 aliphatic heterocycles. The number of piperidine rings is 1. The van der Waals surface area contributed by atoms with Crippen molar-refractivity contribution in [1.82, 2.24) is 14.7 Å². The van der Waals surface area contributed by atoms with Crippen LogP contribution in [0.1, 0.15) is 35.3 Å². The van der Waals surface area contributed by atoms with Crippen LogP contribution in [0.3, 0.4) is 0 Å². The minimum atomic E-state index is -0.153. The average molecular weight is 418 g/mol. The number of para-hydroxylation sites is 2. The quantitative estimate of drug-likeness (QED) is 0.644. The van der Waals surface area contributed by atoms with Crippen molar-refractivity contribution in [3.05, 3.63) is 65.9 Å². The fourth-order valence-corrected chi connectivity index (χ4v) is 4.74. The molecule has 0 N–H and O–H groups in total. The van der Waals surface area contributed by atoms with E-state index in [1.54, 1.807) is 11.8 Å². The molecular formula is C25H27N3O3. The van der Waals surface area contributed by atoms with Gasteiger partial charge in [0.1, 0.15) is 22.8 Å². The standard InChI is InChI=1S/C25H27N3O3/c1-27-21(17-20(26-27)19-8-4-6-10-23(19)30-2)24(29)28-15-13-25(14-16-28)12-11-18-7-3-5-9-22(18)31-25/h3-10,17H,11-16H2,1-2H3. The second-order valence-corrected chi connectivity index (χ2v) is 8.42. The smallest absolute Gasteiger partial charge is 0.272 e. The molecular weight excluding hydrogens is 390 g/mol. The molecule has 1 spiro atoms. The number of likely N-dealkylation sites (tertiary alicyclic amines) is 1. The Hall–Kier alpha value is -3.28. The van der Waals surface area contributed by atoms with Crippen molar-refractivity contribution in [3.63, 3.8) is 0 Å². The number of hydrogen-bond acceptors (Lipinski definition) is 4. The summed E-state index contributed by atoms with van der Waals surface area (Å²) < 4.78 is 13.6. The molecule has 3 aromatic rings. The molecule has 0 atom stereocenters. The van der Waals surface area contributed by atoms with Gasteiger partial charge >= 0.3 is 0 Å². The third-order valence-corrected chi connectivity index (χ3v) is 6.59. The van der Waals surface area contributed by atoms with E-state index in [2.05, 4.69) is 23.3 Å². The van der Waals surface area contributed by atoms with Gasteiger partial charge in [-0.3, -0.25) is 9.48 Å². The molecule has 0 saturated carbocycles. The van der Waals surface area contributed by atoms with Crippen molar-refractivity contribution in [2.45, 2.75) is 31.3 Å². The van der Waals surface area contributed by atoms with Gasteiger partial charge in [-0.2, -0.15) is 5.10 Å². The van der Waals surface area contributed by atoms with Crippen LogP contribution in [0.2, 0.25) is 0 Å². The fourth-order valence-electron chi connectivity index (χ4n) is 4.74. The Bertz CT molecular complexity index is 1110. The molecule has 0 bridgehead atoms. The van der Waals surface area contributed by atoms with Gasteiger partial charge in [-0.05, 0) is 42.7 Å². The van der Waals surface area contributed by atoms with Crippen LogP contribution in [0.25, 0.3) is 11.3 Å². The van der Waals surface area contributed by atoms with Gasteiger partial charge < -0.3 is 14.4 Å². The predicted molar refractivity (Wildman–Crippen MR) is 118 cm³/mol. The van der Waals surface area contributed by atoms with E-state index in [1.165, 1.54) is 5.56 Å². The van der Waals surface area contributed by atoms with Gasteiger partial charge in [0, 0.05) is 38.5 Å².